The Labute approximate surface area is 128 Å². The Hall–Kier alpha value is -2.02. The van der Waals surface area contributed by atoms with Crippen molar-refractivity contribution in [1.29, 1.82) is 0 Å². The molecule has 0 unspecified atom stereocenters. The summed E-state index contributed by atoms with van der Waals surface area (Å²) in [5, 5.41) is 4.55. The number of halogens is 1. The van der Waals surface area contributed by atoms with E-state index in [9.17, 15) is 4.79 Å². The van der Waals surface area contributed by atoms with Crippen molar-refractivity contribution in [1.82, 2.24) is 24.6 Å². The topological polar surface area (TPSA) is 75.9 Å². The third-order valence-corrected chi connectivity index (χ3v) is 4.63. The van der Waals surface area contributed by atoms with Gasteiger partial charge in [0, 0.05) is 24.2 Å². The van der Waals surface area contributed by atoms with Crippen LogP contribution in [0.4, 0.5) is 0 Å². The summed E-state index contributed by atoms with van der Waals surface area (Å²) in [5.41, 5.74) is 0.419. The Morgan fingerprint density at radius 3 is 2.67 bits per heavy atom. The average Bonchev–Trinajstić information content (AvgIpc) is 2.81. The molecule has 0 radical (unpaired) electrons. The molecule has 1 saturated carbocycles. The summed E-state index contributed by atoms with van der Waals surface area (Å²) < 4.78 is 2.41. The van der Waals surface area contributed by atoms with E-state index >= 15 is 0 Å². The van der Waals surface area contributed by atoms with Crippen LogP contribution >= 0.6 is 15.9 Å². The minimum atomic E-state index is -0.120. The van der Waals surface area contributed by atoms with Crippen LogP contribution in [0.25, 0.3) is 5.52 Å². The maximum Gasteiger partial charge on any atom is 0.275 e. The smallest absolute Gasteiger partial charge is 0.275 e. The van der Waals surface area contributed by atoms with Gasteiger partial charge in [0.25, 0.3) is 5.56 Å². The summed E-state index contributed by atoms with van der Waals surface area (Å²) in [6.45, 7) is 0. The fraction of sp³-hybridized carbons (Fsp3) is 0.286. The Morgan fingerprint density at radius 1 is 1.19 bits per heavy atom. The Bertz CT molecular complexity index is 857. The quantitative estimate of drug-likeness (QED) is 0.772. The van der Waals surface area contributed by atoms with Gasteiger partial charge in [-0.15, -0.1) is 0 Å². The molecule has 3 aromatic heterocycles. The number of nitrogens with zero attached hydrogens (tertiary/aromatic N) is 4. The van der Waals surface area contributed by atoms with Crippen molar-refractivity contribution >= 4 is 21.4 Å². The van der Waals surface area contributed by atoms with Gasteiger partial charge in [-0.1, -0.05) is 0 Å². The van der Waals surface area contributed by atoms with Gasteiger partial charge in [0.05, 0.1) is 0 Å². The Kier molecular flexibility index (Phi) is 2.88. The molecule has 1 aliphatic rings. The van der Waals surface area contributed by atoms with Crippen LogP contribution in [0.1, 0.15) is 36.3 Å². The normalized spacial score (nSPS) is 21.4. The average molecular weight is 346 g/mol. The van der Waals surface area contributed by atoms with Crippen LogP contribution in [0.2, 0.25) is 0 Å². The molecular formula is C14H12BrN5O. The molecular weight excluding hydrogens is 334 g/mol. The molecule has 0 amide bonds. The standard InChI is InChI=1S/C14H12BrN5O/c15-11-5-4-10-14(21)18-13(19-20(10)11)9-3-2-8(9)12-16-6-1-7-17-12/h1,4-9H,2-3H2,(H,18,19,21)/t8-,9-/m1/s1. The van der Waals surface area contributed by atoms with Crippen LogP contribution in [-0.2, 0) is 0 Å². The van der Waals surface area contributed by atoms with Gasteiger partial charge in [0.15, 0.2) is 0 Å². The summed E-state index contributed by atoms with van der Waals surface area (Å²) in [6, 6.07) is 5.37. The van der Waals surface area contributed by atoms with Crippen LogP contribution < -0.4 is 5.56 Å². The summed E-state index contributed by atoms with van der Waals surface area (Å²) in [4.78, 5) is 23.7. The molecule has 1 aliphatic carbocycles. The first-order valence-corrected chi connectivity index (χ1v) is 7.58. The molecule has 1 fully saturated rings. The number of aromatic amines is 1. The van der Waals surface area contributed by atoms with E-state index in [0.29, 0.717) is 11.3 Å². The van der Waals surface area contributed by atoms with Gasteiger partial charge in [0.1, 0.15) is 21.8 Å². The number of hydrogen-bond donors (Lipinski definition) is 1. The van der Waals surface area contributed by atoms with Gasteiger partial charge < -0.3 is 4.98 Å². The van der Waals surface area contributed by atoms with E-state index in [4.69, 9.17) is 0 Å². The lowest BCUT2D eigenvalue weighted by atomic mass is 9.72. The van der Waals surface area contributed by atoms with Gasteiger partial charge in [-0.25, -0.2) is 14.5 Å². The Balaban J connectivity index is 1.77. The Morgan fingerprint density at radius 2 is 1.95 bits per heavy atom. The minimum absolute atomic E-state index is 0.120. The van der Waals surface area contributed by atoms with Crippen LogP contribution in [0.15, 0.2) is 40.0 Å². The number of fused-ring (bicyclic) bond motifs is 1. The predicted molar refractivity (Wildman–Crippen MR) is 80.3 cm³/mol. The molecule has 0 aromatic carbocycles. The predicted octanol–water partition coefficient (Wildman–Crippen LogP) is 2.24. The number of rotatable bonds is 2. The van der Waals surface area contributed by atoms with Crippen LogP contribution in [0.5, 0.6) is 0 Å². The first-order chi connectivity index (χ1) is 10.2. The van der Waals surface area contributed by atoms with Crippen molar-refractivity contribution in [2.45, 2.75) is 24.7 Å². The van der Waals surface area contributed by atoms with E-state index in [0.717, 1.165) is 23.3 Å². The molecule has 7 heteroatoms. The third kappa shape index (κ3) is 1.99. The molecule has 3 heterocycles. The zero-order chi connectivity index (χ0) is 14.4. The molecule has 0 bridgehead atoms. The maximum absolute atomic E-state index is 12.1. The van der Waals surface area contributed by atoms with Gasteiger partial charge in [0.2, 0.25) is 0 Å². The van der Waals surface area contributed by atoms with E-state index < -0.39 is 0 Å². The van der Waals surface area contributed by atoms with Crippen LogP contribution in [0.3, 0.4) is 0 Å². The minimum Gasteiger partial charge on any atom is -0.307 e. The second kappa shape index (κ2) is 4.77. The number of nitrogens with one attached hydrogen (secondary N) is 1. The molecule has 1 N–H and O–H groups in total. The lowest BCUT2D eigenvalue weighted by Gasteiger charge is -2.34. The fourth-order valence-electron chi connectivity index (χ4n) is 2.80. The molecule has 4 rings (SSSR count). The largest absolute Gasteiger partial charge is 0.307 e. The van der Waals surface area contributed by atoms with Gasteiger partial charge >= 0.3 is 0 Å². The highest BCUT2D eigenvalue weighted by Gasteiger charge is 2.37. The molecule has 106 valence electrons. The number of hydrogen-bond acceptors (Lipinski definition) is 4. The van der Waals surface area contributed by atoms with Crippen molar-refractivity contribution in [3.8, 4) is 0 Å². The van der Waals surface area contributed by atoms with E-state index in [1.54, 1.807) is 29.0 Å². The summed E-state index contributed by atoms with van der Waals surface area (Å²) in [7, 11) is 0. The molecule has 3 aromatic rings. The highest BCUT2D eigenvalue weighted by atomic mass is 79.9. The highest BCUT2D eigenvalue weighted by molar-refractivity contribution is 9.10. The molecule has 0 aliphatic heterocycles. The summed E-state index contributed by atoms with van der Waals surface area (Å²) in [6.07, 6.45) is 5.50. The van der Waals surface area contributed by atoms with E-state index in [1.807, 2.05) is 6.07 Å². The van der Waals surface area contributed by atoms with Crippen molar-refractivity contribution in [3.05, 3.63) is 57.2 Å². The van der Waals surface area contributed by atoms with Crippen molar-refractivity contribution < 1.29 is 0 Å². The van der Waals surface area contributed by atoms with Gasteiger partial charge in [-0.2, -0.15) is 5.10 Å². The van der Waals surface area contributed by atoms with Crippen molar-refractivity contribution in [2.75, 3.05) is 0 Å². The molecule has 0 saturated heterocycles. The van der Waals surface area contributed by atoms with Gasteiger partial charge in [-0.05, 0) is 47.0 Å². The molecule has 6 nitrogen and oxygen atoms in total. The monoisotopic (exact) mass is 345 g/mol. The molecule has 21 heavy (non-hydrogen) atoms. The summed E-state index contributed by atoms with van der Waals surface area (Å²) >= 11 is 3.41. The molecule has 0 spiro atoms. The van der Waals surface area contributed by atoms with Crippen molar-refractivity contribution in [2.24, 2.45) is 0 Å². The van der Waals surface area contributed by atoms with Crippen molar-refractivity contribution in [3.63, 3.8) is 0 Å². The first kappa shape index (κ1) is 12.7. The second-order valence-corrected chi connectivity index (χ2v) is 6.00. The lowest BCUT2D eigenvalue weighted by molar-refractivity contribution is 0.315. The zero-order valence-corrected chi connectivity index (χ0v) is 12.6. The summed E-state index contributed by atoms with van der Waals surface area (Å²) in [5.74, 6) is 1.91. The van der Waals surface area contributed by atoms with Gasteiger partial charge in [-0.3, -0.25) is 4.79 Å². The molecule has 2 atom stereocenters. The SMILES string of the molecule is O=c1[nH]c([C@@H]2CC[C@H]2c2ncccn2)nn2c(Br)ccc12. The fourth-order valence-corrected chi connectivity index (χ4v) is 3.20. The number of H-pyrrole nitrogens is 1. The van der Waals surface area contributed by atoms with E-state index in [2.05, 4.69) is 36.0 Å². The number of aromatic nitrogens is 5. The van der Waals surface area contributed by atoms with E-state index in [-0.39, 0.29) is 17.4 Å². The van der Waals surface area contributed by atoms with Crippen LogP contribution in [0, 0.1) is 0 Å². The highest BCUT2D eigenvalue weighted by Crippen LogP contribution is 2.46. The van der Waals surface area contributed by atoms with Crippen LogP contribution in [-0.4, -0.2) is 24.6 Å². The lowest BCUT2D eigenvalue weighted by Crippen LogP contribution is -2.28. The second-order valence-electron chi connectivity index (χ2n) is 5.19. The zero-order valence-electron chi connectivity index (χ0n) is 11.0. The first-order valence-electron chi connectivity index (χ1n) is 6.78. The maximum atomic E-state index is 12.1. The van der Waals surface area contributed by atoms with E-state index in [1.165, 1.54) is 0 Å². The third-order valence-electron chi connectivity index (χ3n) is 4.03.